The summed E-state index contributed by atoms with van der Waals surface area (Å²) >= 11 is 0. The molecule has 5 nitrogen and oxygen atoms in total. The average Bonchev–Trinajstić information content (AvgIpc) is 2.88. The summed E-state index contributed by atoms with van der Waals surface area (Å²) < 4.78 is 18.4. The van der Waals surface area contributed by atoms with Crippen LogP contribution in [0.5, 0.6) is 5.75 Å². The van der Waals surface area contributed by atoms with Gasteiger partial charge in [-0.25, -0.2) is 4.39 Å². The van der Waals surface area contributed by atoms with E-state index in [1.54, 1.807) is 0 Å². The zero-order valence-corrected chi connectivity index (χ0v) is 10.6. The quantitative estimate of drug-likeness (QED) is 0.867. The fourth-order valence-electron chi connectivity index (χ4n) is 1.85. The number of benzene rings is 1. The Morgan fingerprint density at radius 3 is 2.89 bits per heavy atom. The summed E-state index contributed by atoms with van der Waals surface area (Å²) in [5.41, 5.74) is 6.12. The molecule has 1 aromatic heterocycles. The highest BCUT2D eigenvalue weighted by atomic mass is 19.1. The van der Waals surface area contributed by atoms with Crippen LogP contribution in [0.15, 0.2) is 22.7 Å². The zero-order valence-electron chi connectivity index (χ0n) is 10.6. The van der Waals surface area contributed by atoms with Gasteiger partial charge >= 0.3 is 0 Å². The van der Waals surface area contributed by atoms with Crippen LogP contribution in [0.1, 0.15) is 31.6 Å². The van der Waals surface area contributed by atoms with Crippen LogP contribution in [0.2, 0.25) is 0 Å². The van der Waals surface area contributed by atoms with Crippen molar-refractivity contribution in [2.45, 2.75) is 25.7 Å². The number of phenolic OH excluding ortho intramolecular Hbond substituents is 1. The summed E-state index contributed by atoms with van der Waals surface area (Å²) in [5.74, 6) is -0.337. The first kappa shape index (κ1) is 13.5. The predicted octanol–water partition coefficient (Wildman–Crippen LogP) is 2.42. The third kappa shape index (κ3) is 2.90. The van der Waals surface area contributed by atoms with Gasteiger partial charge in [0.05, 0.1) is 5.92 Å². The molecule has 6 heteroatoms. The van der Waals surface area contributed by atoms with Crippen LogP contribution >= 0.6 is 0 Å². The van der Waals surface area contributed by atoms with Crippen molar-refractivity contribution in [2.75, 3.05) is 6.54 Å². The van der Waals surface area contributed by atoms with E-state index < -0.39 is 11.6 Å². The molecule has 1 unspecified atom stereocenters. The van der Waals surface area contributed by atoms with E-state index >= 15 is 0 Å². The van der Waals surface area contributed by atoms with Crippen LogP contribution in [-0.2, 0) is 0 Å². The van der Waals surface area contributed by atoms with Gasteiger partial charge in [-0.2, -0.15) is 4.98 Å². The predicted molar refractivity (Wildman–Crippen MR) is 68.1 cm³/mol. The van der Waals surface area contributed by atoms with Gasteiger partial charge in [-0.3, -0.25) is 0 Å². The lowest BCUT2D eigenvalue weighted by molar-refractivity contribution is 0.347. The Morgan fingerprint density at radius 2 is 2.26 bits per heavy atom. The minimum absolute atomic E-state index is 0.0215. The summed E-state index contributed by atoms with van der Waals surface area (Å²) in [4.78, 5) is 4.23. The molecular weight excluding hydrogens is 249 g/mol. The molecule has 0 amide bonds. The van der Waals surface area contributed by atoms with Gasteiger partial charge in [0.25, 0.3) is 0 Å². The summed E-state index contributed by atoms with van der Waals surface area (Å²) in [5, 5.41) is 13.0. The molecule has 1 atom stereocenters. The van der Waals surface area contributed by atoms with Crippen LogP contribution in [0, 0.1) is 5.82 Å². The molecule has 3 N–H and O–H groups in total. The maximum atomic E-state index is 13.3. The largest absolute Gasteiger partial charge is 0.505 e. The van der Waals surface area contributed by atoms with Gasteiger partial charge in [-0.1, -0.05) is 18.5 Å². The van der Waals surface area contributed by atoms with Crippen molar-refractivity contribution < 1.29 is 14.0 Å². The molecule has 0 aliphatic heterocycles. The Balaban J connectivity index is 2.27. The number of hydrogen-bond acceptors (Lipinski definition) is 5. The second-order valence-corrected chi connectivity index (χ2v) is 4.34. The van der Waals surface area contributed by atoms with Crippen molar-refractivity contribution in [1.29, 1.82) is 0 Å². The van der Waals surface area contributed by atoms with Gasteiger partial charge < -0.3 is 15.4 Å². The highest BCUT2D eigenvalue weighted by molar-refractivity contribution is 5.55. The van der Waals surface area contributed by atoms with E-state index in [0.717, 1.165) is 12.8 Å². The summed E-state index contributed by atoms with van der Waals surface area (Å²) in [7, 11) is 0. The molecule has 0 saturated carbocycles. The molecule has 0 aliphatic rings. The fraction of sp³-hybridized carbons (Fsp3) is 0.385. The van der Waals surface area contributed by atoms with Crippen LogP contribution < -0.4 is 5.73 Å². The smallest absolute Gasteiger partial charge is 0.231 e. The summed E-state index contributed by atoms with van der Waals surface area (Å²) in [6, 6.07) is 3.96. The maximum absolute atomic E-state index is 13.3. The number of hydrogen-bond donors (Lipinski definition) is 2. The minimum atomic E-state index is -0.715. The van der Waals surface area contributed by atoms with E-state index in [1.807, 2.05) is 0 Å². The van der Waals surface area contributed by atoms with E-state index in [0.29, 0.717) is 23.8 Å². The SMILES string of the molecule is CCCC(CN)c1nc(-c2ccc(O)c(F)c2)no1. The van der Waals surface area contributed by atoms with Crippen molar-refractivity contribution in [1.82, 2.24) is 10.1 Å². The Morgan fingerprint density at radius 1 is 1.47 bits per heavy atom. The van der Waals surface area contributed by atoms with Crippen LogP contribution in [0.4, 0.5) is 4.39 Å². The number of nitrogens with zero attached hydrogens (tertiary/aromatic N) is 2. The van der Waals surface area contributed by atoms with Gasteiger partial charge in [-0.15, -0.1) is 0 Å². The number of nitrogens with two attached hydrogens (primary N) is 1. The lowest BCUT2D eigenvalue weighted by Crippen LogP contribution is -2.12. The van der Waals surface area contributed by atoms with Crippen molar-refractivity contribution in [3.8, 4) is 17.1 Å². The Labute approximate surface area is 110 Å². The van der Waals surface area contributed by atoms with Crippen molar-refractivity contribution in [3.05, 3.63) is 29.9 Å². The highest BCUT2D eigenvalue weighted by Crippen LogP contribution is 2.25. The van der Waals surface area contributed by atoms with Crippen molar-refractivity contribution in [3.63, 3.8) is 0 Å². The normalized spacial score (nSPS) is 12.6. The molecule has 0 bridgehead atoms. The third-order valence-corrected chi connectivity index (χ3v) is 2.92. The Hall–Kier alpha value is -1.95. The lowest BCUT2D eigenvalue weighted by Gasteiger charge is -2.06. The van der Waals surface area contributed by atoms with Gasteiger partial charge in [0.15, 0.2) is 11.6 Å². The van der Waals surface area contributed by atoms with Crippen LogP contribution in [-0.4, -0.2) is 21.8 Å². The van der Waals surface area contributed by atoms with Gasteiger partial charge in [0, 0.05) is 12.1 Å². The molecule has 0 fully saturated rings. The number of rotatable bonds is 5. The zero-order chi connectivity index (χ0) is 13.8. The lowest BCUT2D eigenvalue weighted by atomic mass is 10.0. The molecule has 2 aromatic rings. The van der Waals surface area contributed by atoms with Gasteiger partial charge in [-0.05, 0) is 24.6 Å². The molecule has 0 aliphatic carbocycles. The molecule has 1 heterocycles. The van der Waals surface area contributed by atoms with E-state index in [2.05, 4.69) is 17.1 Å². The summed E-state index contributed by atoms with van der Waals surface area (Å²) in [6.45, 7) is 2.48. The molecule has 0 spiro atoms. The second-order valence-electron chi connectivity index (χ2n) is 4.34. The third-order valence-electron chi connectivity index (χ3n) is 2.92. The van der Waals surface area contributed by atoms with E-state index in [1.165, 1.54) is 18.2 Å². The molecule has 0 radical (unpaired) electrons. The first-order chi connectivity index (χ1) is 9.15. The maximum Gasteiger partial charge on any atom is 0.231 e. The first-order valence-corrected chi connectivity index (χ1v) is 6.18. The van der Waals surface area contributed by atoms with Crippen LogP contribution in [0.3, 0.4) is 0 Å². The first-order valence-electron chi connectivity index (χ1n) is 6.18. The number of aromatic nitrogens is 2. The molecule has 1 aromatic carbocycles. The Bertz CT molecular complexity index is 557. The monoisotopic (exact) mass is 265 g/mol. The van der Waals surface area contributed by atoms with E-state index in [9.17, 15) is 4.39 Å². The molecule has 2 rings (SSSR count). The molecular formula is C13H16FN3O2. The standard InChI is InChI=1S/C13H16FN3O2/c1-2-3-9(7-15)13-16-12(17-19-13)8-4-5-11(18)10(14)6-8/h4-6,9,18H,2-3,7,15H2,1H3. The summed E-state index contributed by atoms with van der Waals surface area (Å²) in [6.07, 6.45) is 1.83. The van der Waals surface area contributed by atoms with E-state index in [4.69, 9.17) is 15.4 Å². The fourth-order valence-corrected chi connectivity index (χ4v) is 1.85. The van der Waals surface area contributed by atoms with E-state index in [-0.39, 0.29) is 5.92 Å². The highest BCUT2D eigenvalue weighted by Gasteiger charge is 2.18. The molecule has 102 valence electrons. The average molecular weight is 265 g/mol. The second kappa shape index (κ2) is 5.79. The van der Waals surface area contributed by atoms with Crippen molar-refractivity contribution in [2.24, 2.45) is 5.73 Å². The van der Waals surface area contributed by atoms with Gasteiger partial charge in [0.1, 0.15) is 0 Å². The number of phenols is 1. The molecule has 19 heavy (non-hydrogen) atoms. The Kier molecular flexibility index (Phi) is 4.11. The van der Waals surface area contributed by atoms with Gasteiger partial charge in [0.2, 0.25) is 11.7 Å². The number of halogens is 1. The number of aromatic hydroxyl groups is 1. The minimum Gasteiger partial charge on any atom is -0.505 e. The molecule has 0 saturated heterocycles. The topological polar surface area (TPSA) is 85.2 Å². The van der Waals surface area contributed by atoms with Crippen LogP contribution in [0.25, 0.3) is 11.4 Å². The van der Waals surface area contributed by atoms with Crippen molar-refractivity contribution >= 4 is 0 Å².